The van der Waals surface area contributed by atoms with Crippen molar-refractivity contribution in [3.05, 3.63) is 62.5 Å². The van der Waals surface area contributed by atoms with Crippen molar-refractivity contribution in [1.29, 1.82) is 0 Å². The third kappa shape index (κ3) is 2.75. The minimum atomic E-state index is -0.295. The van der Waals surface area contributed by atoms with E-state index in [9.17, 15) is 9.59 Å². The molecule has 1 aromatic carbocycles. The highest BCUT2D eigenvalue weighted by Crippen LogP contribution is 2.35. The molecule has 1 amide bonds. The van der Waals surface area contributed by atoms with Gasteiger partial charge in [0.25, 0.3) is 5.91 Å². The summed E-state index contributed by atoms with van der Waals surface area (Å²) in [4.78, 5) is 27.3. The lowest BCUT2D eigenvalue weighted by Gasteiger charge is -2.42. The monoisotopic (exact) mass is 417 g/mol. The van der Waals surface area contributed by atoms with Gasteiger partial charge in [-0.1, -0.05) is 30.3 Å². The number of rotatable bonds is 3. The molecule has 2 aliphatic heterocycles. The third-order valence-corrected chi connectivity index (χ3v) is 5.73. The lowest BCUT2D eigenvalue weighted by Crippen LogP contribution is -2.54. The molecule has 1 atom stereocenters. The summed E-state index contributed by atoms with van der Waals surface area (Å²) in [6.45, 7) is 2.48. The van der Waals surface area contributed by atoms with Crippen LogP contribution in [0.1, 0.15) is 22.5 Å². The third-order valence-electron chi connectivity index (χ3n) is 5.16. The molecule has 7 heteroatoms. The molecule has 0 aliphatic carbocycles. The Morgan fingerprint density at radius 3 is 2.73 bits per heavy atom. The average molecular weight is 418 g/mol. The number of carbonyl (C=O) groups excluding carboxylic acids is 1. The van der Waals surface area contributed by atoms with Crippen molar-refractivity contribution in [3.8, 4) is 5.75 Å². The number of pyridine rings is 1. The highest BCUT2D eigenvalue weighted by molar-refractivity contribution is 9.10. The molecule has 2 aliphatic rings. The largest absolute Gasteiger partial charge is 0.483 e. The van der Waals surface area contributed by atoms with Gasteiger partial charge in [-0.05, 0) is 34.5 Å². The molecule has 1 unspecified atom stereocenters. The predicted octanol–water partition coefficient (Wildman–Crippen LogP) is 1.96. The van der Waals surface area contributed by atoms with Gasteiger partial charge in [-0.25, -0.2) is 0 Å². The highest BCUT2D eigenvalue weighted by atomic mass is 79.9. The van der Waals surface area contributed by atoms with E-state index in [1.54, 1.807) is 18.1 Å². The van der Waals surface area contributed by atoms with E-state index in [1.165, 1.54) is 0 Å². The second-order valence-electron chi connectivity index (χ2n) is 6.94. The molecule has 1 saturated heterocycles. The standard InChI is InChI=1S/C19H20BrN3O3/c1-22-12-19(7-8-21-11-19)23-9-14(20)16(24)17(15(23)18(22)25)26-10-13-5-3-2-4-6-13/h2-6,9,21H,7-8,10-12H2,1H3. The highest BCUT2D eigenvalue weighted by Gasteiger charge is 2.45. The summed E-state index contributed by atoms with van der Waals surface area (Å²) < 4.78 is 8.25. The molecule has 0 bridgehead atoms. The molecule has 2 aromatic rings. The van der Waals surface area contributed by atoms with Crippen LogP contribution in [-0.4, -0.2) is 42.1 Å². The summed E-state index contributed by atoms with van der Waals surface area (Å²) in [5.74, 6) is -0.0683. The molecule has 0 saturated carbocycles. The first-order valence-electron chi connectivity index (χ1n) is 8.60. The van der Waals surface area contributed by atoms with E-state index in [0.717, 1.165) is 25.1 Å². The fourth-order valence-electron chi connectivity index (χ4n) is 3.84. The number of halogens is 1. The Morgan fingerprint density at radius 1 is 1.27 bits per heavy atom. The van der Waals surface area contributed by atoms with Crippen molar-refractivity contribution in [1.82, 2.24) is 14.8 Å². The van der Waals surface area contributed by atoms with E-state index in [-0.39, 0.29) is 29.2 Å². The molecule has 136 valence electrons. The maximum atomic E-state index is 12.9. The molecule has 6 nitrogen and oxygen atoms in total. The topological polar surface area (TPSA) is 63.6 Å². The van der Waals surface area contributed by atoms with Gasteiger partial charge in [-0.15, -0.1) is 0 Å². The van der Waals surface area contributed by atoms with E-state index in [1.807, 2.05) is 34.9 Å². The Morgan fingerprint density at radius 2 is 2.04 bits per heavy atom. The molecule has 0 radical (unpaired) electrons. The number of hydrogen-bond acceptors (Lipinski definition) is 4. The molecule has 3 heterocycles. The summed E-state index contributed by atoms with van der Waals surface area (Å²) in [7, 11) is 1.78. The van der Waals surface area contributed by atoms with Crippen LogP contribution in [-0.2, 0) is 12.1 Å². The summed E-state index contributed by atoms with van der Waals surface area (Å²) in [6, 6.07) is 9.62. The maximum Gasteiger partial charge on any atom is 0.274 e. The Bertz CT molecular complexity index is 904. The zero-order chi connectivity index (χ0) is 18.3. The number of amides is 1. The van der Waals surface area contributed by atoms with Crippen LogP contribution in [0.15, 0.2) is 45.8 Å². The van der Waals surface area contributed by atoms with Crippen LogP contribution in [0, 0.1) is 0 Å². The van der Waals surface area contributed by atoms with Gasteiger partial charge in [0.2, 0.25) is 5.43 Å². The van der Waals surface area contributed by atoms with Crippen LogP contribution in [0.3, 0.4) is 0 Å². The van der Waals surface area contributed by atoms with Crippen LogP contribution in [0.5, 0.6) is 5.75 Å². The van der Waals surface area contributed by atoms with Crippen molar-refractivity contribution in [2.24, 2.45) is 0 Å². The van der Waals surface area contributed by atoms with Crippen molar-refractivity contribution in [2.75, 3.05) is 26.7 Å². The van der Waals surface area contributed by atoms with Crippen molar-refractivity contribution in [2.45, 2.75) is 18.6 Å². The van der Waals surface area contributed by atoms with E-state index in [2.05, 4.69) is 21.2 Å². The van der Waals surface area contributed by atoms with E-state index >= 15 is 0 Å². The number of nitrogens with one attached hydrogen (secondary N) is 1. The van der Waals surface area contributed by atoms with Crippen LogP contribution >= 0.6 is 15.9 Å². The van der Waals surface area contributed by atoms with Crippen LogP contribution in [0.4, 0.5) is 0 Å². The molecule has 26 heavy (non-hydrogen) atoms. The lowest BCUT2D eigenvalue weighted by molar-refractivity contribution is 0.0619. The fourth-order valence-corrected chi connectivity index (χ4v) is 4.23. The number of hydrogen-bond donors (Lipinski definition) is 1. The van der Waals surface area contributed by atoms with E-state index in [4.69, 9.17) is 4.74 Å². The van der Waals surface area contributed by atoms with Crippen LogP contribution in [0.2, 0.25) is 0 Å². The van der Waals surface area contributed by atoms with Gasteiger partial charge in [0, 0.05) is 26.3 Å². The first-order chi connectivity index (χ1) is 12.5. The summed E-state index contributed by atoms with van der Waals surface area (Å²) in [6.07, 6.45) is 2.63. The van der Waals surface area contributed by atoms with Crippen molar-refractivity contribution in [3.63, 3.8) is 0 Å². The summed E-state index contributed by atoms with van der Waals surface area (Å²) >= 11 is 3.36. The summed E-state index contributed by atoms with van der Waals surface area (Å²) in [5, 5.41) is 3.38. The molecule has 1 N–H and O–H groups in total. The number of benzene rings is 1. The molecular formula is C19H20BrN3O3. The smallest absolute Gasteiger partial charge is 0.274 e. The van der Waals surface area contributed by atoms with Crippen molar-refractivity contribution < 1.29 is 9.53 Å². The SMILES string of the molecule is CN1CC2(CCNC2)n2cc(Br)c(=O)c(OCc3ccccc3)c2C1=O. The van der Waals surface area contributed by atoms with Gasteiger partial charge < -0.3 is 19.5 Å². The normalized spacial score (nSPS) is 21.9. The minimum absolute atomic E-state index is 0.117. The number of fused-ring (bicyclic) bond motifs is 2. The van der Waals surface area contributed by atoms with Crippen LogP contribution < -0.4 is 15.5 Å². The average Bonchev–Trinajstić information content (AvgIpc) is 3.10. The first kappa shape index (κ1) is 17.3. The van der Waals surface area contributed by atoms with Gasteiger partial charge in [0.05, 0.1) is 10.0 Å². The summed E-state index contributed by atoms with van der Waals surface area (Å²) in [5.41, 5.74) is 0.738. The van der Waals surface area contributed by atoms with Gasteiger partial charge in [0.15, 0.2) is 11.4 Å². The lowest BCUT2D eigenvalue weighted by atomic mass is 9.93. The van der Waals surface area contributed by atoms with Crippen molar-refractivity contribution >= 4 is 21.8 Å². The zero-order valence-electron chi connectivity index (χ0n) is 14.5. The first-order valence-corrected chi connectivity index (χ1v) is 9.40. The molecule has 1 aromatic heterocycles. The van der Waals surface area contributed by atoms with E-state index < -0.39 is 0 Å². The quantitative estimate of drug-likeness (QED) is 0.828. The van der Waals surface area contributed by atoms with E-state index in [0.29, 0.717) is 16.7 Å². The number of likely N-dealkylation sites (N-methyl/N-ethyl adjacent to an activating group) is 1. The minimum Gasteiger partial charge on any atom is -0.483 e. The second-order valence-corrected chi connectivity index (χ2v) is 7.79. The van der Waals surface area contributed by atoms with Gasteiger partial charge in [0.1, 0.15) is 6.61 Å². The number of carbonyl (C=O) groups is 1. The molecule has 1 fully saturated rings. The Balaban J connectivity index is 1.83. The van der Waals surface area contributed by atoms with Gasteiger partial charge in [-0.3, -0.25) is 9.59 Å². The molecule has 4 rings (SSSR count). The Labute approximate surface area is 159 Å². The second kappa shape index (κ2) is 6.55. The molecule has 1 spiro atoms. The molecular weight excluding hydrogens is 398 g/mol. The number of aromatic nitrogens is 1. The van der Waals surface area contributed by atoms with Gasteiger partial charge in [-0.2, -0.15) is 0 Å². The number of ether oxygens (including phenoxy) is 1. The zero-order valence-corrected chi connectivity index (χ0v) is 16.1. The Hall–Kier alpha value is -2.12. The number of nitrogens with zero attached hydrogens (tertiary/aromatic N) is 2. The fraction of sp³-hybridized carbons (Fsp3) is 0.368. The predicted molar refractivity (Wildman–Crippen MR) is 102 cm³/mol. The maximum absolute atomic E-state index is 12.9. The van der Waals surface area contributed by atoms with Crippen LogP contribution in [0.25, 0.3) is 0 Å². The Kier molecular flexibility index (Phi) is 4.36. The van der Waals surface area contributed by atoms with Gasteiger partial charge >= 0.3 is 0 Å².